The van der Waals surface area contributed by atoms with Crippen LogP contribution in [0.5, 0.6) is 0 Å². The first-order chi connectivity index (χ1) is 15.8. The van der Waals surface area contributed by atoms with Crippen LogP contribution in [0.4, 0.5) is 19.1 Å². The maximum absolute atomic E-state index is 13.7. The predicted octanol–water partition coefficient (Wildman–Crippen LogP) is 4.12. The van der Waals surface area contributed by atoms with E-state index in [1.54, 1.807) is 24.5 Å². The molecule has 2 saturated heterocycles. The van der Waals surface area contributed by atoms with Gasteiger partial charge in [0.15, 0.2) is 5.82 Å². The Bertz CT molecular complexity index is 1170. The molecule has 0 spiro atoms. The minimum atomic E-state index is -4.48. The lowest BCUT2D eigenvalue weighted by molar-refractivity contribution is -0.138. The molecule has 2 fully saturated rings. The van der Waals surface area contributed by atoms with Crippen molar-refractivity contribution in [1.29, 1.82) is 0 Å². The van der Waals surface area contributed by atoms with Crippen molar-refractivity contribution in [3.05, 3.63) is 65.7 Å². The minimum Gasteiger partial charge on any atom is -0.349 e. The molecular formula is C23H21F3N6O. The fourth-order valence-corrected chi connectivity index (χ4v) is 4.89. The van der Waals surface area contributed by atoms with Crippen LogP contribution in [-0.2, 0) is 6.18 Å². The molecule has 2 bridgehead atoms. The van der Waals surface area contributed by atoms with Gasteiger partial charge in [-0.15, -0.1) is 0 Å². The first-order valence-electron chi connectivity index (χ1n) is 10.7. The average molecular weight is 454 g/mol. The zero-order valence-corrected chi connectivity index (χ0v) is 17.8. The first-order valence-corrected chi connectivity index (χ1v) is 10.7. The second kappa shape index (κ2) is 8.09. The van der Waals surface area contributed by atoms with Crippen LogP contribution in [0.25, 0.3) is 11.4 Å². The van der Waals surface area contributed by atoms with Crippen molar-refractivity contribution in [2.45, 2.75) is 50.5 Å². The SMILES string of the molecule is Cc1cccc(C(=O)N2C3CCC2C(Nc2ncc(C(F)(F)F)cn2)C3)c1-c1ncccn1. The Morgan fingerprint density at radius 1 is 1.06 bits per heavy atom. The number of nitrogens with one attached hydrogen (secondary N) is 1. The number of rotatable bonds is 4. The highest BCUT2D eigenvalue weighted by Gasteiger charge is 2.49. The van der Waals surface area contributed by atoms with E-state index in [2.05, 4.69) is 25.3 Å². The van der Waals surface area contributed by atoms with Gasteiger partial charge in [-0.05, 0) is 43.9 Å². The Labute approximate surface area is 188 Å². The fraction of sp³-hybridized carbons (Fsp3) is 0.348. The molecule has 1 aromatic carbocycles. The lowest BCUT2D eigenvalue weighted by atomic mass is 9.96. The van der Waals surface area contributed by atoms with Crippen molar-refractivity contribution in [1.82, 2.24) is 24.8 Å². The number of carbonyl (C=O) groups is 1. The summed E-state index contributed by atoms with van der Waals surface area (Å²) < 4.78 is 38.3. The smallest absolute Gasteiger partial charge is 0.349 e. The van der Waals surface area contributed by atoms with E-state index in [4.69, 9.17) is 0 Å². The van der Waals surface area contributed by atoms with Crippen LogP contribution < -0.4 is 5.32 Å². The second-order valence-corrected chi connectivity index (χ2v) is 8.36. The average Bonchev–Trinajstić information content (AvgIpc) is 3.36. The van der Waals surface area contributed by atoms with Crippen LogP contribution in [0.3, 0.4) is 0 Å². The van der Waals surface area contributed by atoms with E-state index < -0.39 is 11.7 Å². The lowest BCUT2D eigenvalue weighted by Gasteiger charge is -2.26. The first kappa shape index (κ1) is 21.3. The van der Waals surface area contributed by atoms with Gasteiger partial charge in [0, 0.05) is 36.4 Å². The Hall–Kier alpha value is -3.56. The molecule has 7 nitrogen and oxygen atoms in total. The third-order valence-electron chi connectivity index (χ3n) is 6.36. The van der Waals surface area contributed by atoms with Crippen LogP contribution in [-0.4, -0.2) is 48.9 Å². The summed E-state index contributed by atoms with van der Waals surface area (Å²) in [5.74, 6) is 0.534. The third kappa shape index (κ3) is 3.90. The summed E-state index contributed by atoms with van der Waals surface area (Å²) in [6, 6.07) is 7.10. The third-order valence-corrected chi connectivity index (χ3v) is 6.36. The largest absolute Gasteiger partial charge is 0.419 e. The normalized spacial score (nSPS) is 21.9. The standard InChI is InChI=1S/C23H21F3N6O/c1-13-4-2-5-16(19(13)20-27-8-3-9-28-20)21(33)32-15-6-7-18(32)17(10-15)31-22-29-11-14(12-30-22)23(24,25)26/h2-5,8-9,11-12,15,17-18H,6-7,10H2,1H3,(H,29,30,31). The molecule has 1 amide bonds. The minimum absolute atomic E-state index is 0.0412. The summed E-state index contributed by atoms with van der Waals surface area (Å²) in [7, 11) is 0. The molecule has 0 aliphatic carbocycles. The van der Waals surface area contributed by atoms with E-state index in [0.717, 1.165) is 30.8 Å². The van der Waals surface area contributed by atoms with E-state index >= 15 is 0 Å². The van der Waals surface area contributed by atoms with Crippen molar-refractivity contribution in [2.24, 2.45) is 0 Å². The number of halogens is 3. The lowest BCUT2D eigenvalue weighted by Crippen LogP contribution is -2.40. The van der Waals surface area contributed by atoms with Crippen molar-refractivity contribution in [3.8, 4) is 11.4 Å². The molecule has 2 aliphatic heterocycles. The van der Waals surface area contributed by atoms with Crippen molar-refractivity contribution in [3.63, 3.8) is 0 Å². The highest BCUT2D eigenvalue weighted by molar-refractivity contribution is 6.01. The van der Waals surface area contributed by atoms with E-state index in [1.807, 2.05) is 24.0 Å². The molecule has 4 heterocycles. The molecule has 2 aromatic heterocycles. The maximum Gasteiger partial charge on any atom is 0.419 e. The van der Waals surface area contributed by atoms with Gasteiger partial charge in [0.25, 0.3) is 5.91 Å². The highest BCUT2D eigenvalue weighted by atomic mass is 19.4. The quantitative estimate of drug-likeness (QED) is 0.639. The number of hydrogen-bond acceptors (Lipinski definition) is 6. The van der Waals surface area contributed by atoms with Crippen molar-refractivity contribution >= 4 is 11.9 Å². The van der Waals surface area contributed by atoms with E-state index in [1.165, 1.54) is 0 Å². The van der Waals surface area contributed by atoms with Gasteiger partial charge in [-0.2, -0.15) is 13.2 Å². The van der Waals surface area contributed by atoms with Crippen LogP contribution in [0.15, 0.2) is 49.1 Å². The summed E-state index contributed by atoms with van der Waals surface area (Å²) in [6.07, 6.45) is 2.71. The van der Waals surface area contributed by atoms with E-state index in [0.29, 0.717) is 23.4 Å². The molecule has 10 heteroatoms. The molecule has 33 heavy (non-hydrogen) atoms. The maximum atomic E-state index is 13.7. The Morgan fingerprint density at radius 3 is 2.48 bits per heavy atom. The summed E-state index contributed by atoms with van der Waals surface area (Å²) in [5.41, 5.74) is 1.27. The summed E-state index contributed by atoms with van der Waals surface area (Å²) in [6.45, 7) is 1.92. The number of carbonyl (C=O) groups excluding carboxylic acids is 1. The zero-order chi connectivity index (χ0) is 23.2. The molecule has 3 aromatic rings. The molecule has 3 atom stereocenters. The predicted molar refractivity (Wildman–Crippen MR) is 114 cm³/mol. The Kier molecular flexibility index (Phi) is 5.22. The van der Waals surface area contributed by atoms with Crippen LogP contribution >= 0.6 is 0 Å². The zero-order valence-electron chi connectivity index (χ0n) is 17.8. The molecule has 2 aliphatic rings. The van der Waals surface area contributed by atoms with Crippen LogP contribution in [0.2, 0.25) is 0 Å². The molecule has 5 rings (SSSR count). The molecule has 3 unspecified atom stereocenters. The number of benzene rings is 1. The summed E-state index contributed by atoms with van der Waals surface area (Å²) in [4.78, 5) is 31.9. The molecule has 0 saturated carbocycles. The number of alkyl halides is 3. The molecule has 1 N–H and O–H groups in total. The Morgan fingerprint density at radius 2 is 1.79 bits per heavy atom. The second-order valence-electron chi connectivity index (χ2n) is 8.36. The summed E-state index contributed by atoms with van der Waals surface area (Å²) in [5, 5.41) is 3.14. The summed E-state index contributed by atoms with van der Waals surface area (Å²) >= 11 is 0. The van der Waals surface area contributed by atoms with Gasteiger partial charge < -0.3 is 10.2 Å². The molecule has 0 radical (unpaired) electrons. The number of aryl methyl sites for hydroxylation is 1. The highest BCUT2D eigenvalue weighted by Crippen LogP contribution is 2.41. The van der Waals surface area contributed by atoms with E-state index in [-0.39, 0.29) is 30.0 Å². The van der Waals surface area contributed by atoms with Gasteiger partial charge >= 0.3 is 6.18 Å². The van der Waals surface area contributed by atoms with Crippen LogP contribution in [0.1, 0.15) is 40.7 Å². The number of anilines is 1. The number of nitrogens with zero attached hydrogens (tertiary/aromatic N) is 5. The van der Waals surface area contributed by atoms with Gasteiger partial charge in [-0.1, -0.05) is 12.1 Å². The van der Waals surface area contributed by atoms with Crippen LogP contribution in [0, 0.1) is 6.92 Å². The van der Waals surface area contributed by atoms with Gasteiger partial charge in [0.05, 0.1) is 23.2 Å². The van der Waals surface area contributed by atoms with Gasteiger partial charge in [-0.25, -0.2) is 19.9 Å². The van der Waals surface area contributed by atoms with Gasteiger partial charge in [0.1, 0.15) is 0 Å². The van der Waals surface area contributed by atoms with E-state index in [9.17, 15) is 18.0 Å². The number of amides is 1. The van der Waals surface area contributed by atoms with Crippen molar-refractivity contribution < 1.29 is 18.0 Å². The fourth-order valence-electron chi connectivity index (χ4n) is 4.89. The Balaban J connectivity index is 1.39. The van der Waals surface area contributed by atoms with Gasteiger partial charge in [-0.3, -0.25) is 4.79 Å². The molecular weight excluding hydrogens is 433 g/mol. The topological polar surface area (TPSA) is 83.9 Å². The van der Waals surface area contributed by atoms with Gasteiger partial charge in [0.2, 0.25) is 5.95 Å². The number of fused-ring (bicyclic) bond motifs is 2. The number of hydrogen-bond donors (Lipinski definition) is 1. The van der Waals surface area contributed by atoms with Crippen molar-refractivity contribution in [2.75, 3.05) is 5.32 Å². The number of aromatic nitrogens is 4. The molecule has 170 valence electrons. The monoisotopic (exact) mass is 454 g/mol.